The van der Waals surface area contributed by atoms with E-state index in [-0.39, 0.29) is 5.91 Å². The number of primary amides is 1. The van der Waals surface area contributed by atoms with Crippen molar-refractivity contribution in [3.63, 3.8) is 0 Å². The van der Waals surface area contributed by atoms with Crippen LogP contribution in [-0.4, -0.2) is 26.4 Å². The van der Waals surface area contributed by atoms with Gasteiger partial charge in [0.05, 0.1) is 0 Å². The number of rotatable bonds is 9. The van der Waals surface area contributed by atoms with E-state index in [2.05, 4.69) is 28.6 Å². The summed E-state index contributed by atoms with van der Waals surface area (Å²) in [7, 11) is 0. The summed E-state index contributed by atoms with van der Waals surface area (Å²) in [6, 6.07) is 7.88. The maximum Gasteiger partial charge on any atom is 0.217 e. The first-order chi connectivity index (χ1) is 11.5. The minimum absolute atomic E-state index is 0.292. The Balaban J connectivity index is 2.03. The van der Waals surface area contributed by atoms with Crippen LogP contribution in [0.2, 0.25) is 5.02 Å². The van der Waals surface area contributed by atoms with Gasteiger partial charge in [0, 0.05) is 30.2 Å². The van der Waals surface area contributed by atoms with E-state index in [0.717, 1.165) is 40.3 Å². The van der Waals surface area contributed by atoms with Crippen LogP contribution in [0.25, 0.3) is 0 Å². The van der Waals surface area contributed by atoms with E-state index in [4.69, 9.17) is 17.3 Å². The number of hydrogen-bond donors (Lipinski definition) is 1. The number of hydrogen-bond acceptors (Lipinski definition) is 4. The van der Waals surface area contributed by atoms with Gasteiger partial charge < -0.3 is 10.3 Å². The first-order valence-corrected chi connectivity index (χ1v) is 9.40. The van der Waals surface area contributed by atoms with Gasteiger partial charge in [-0.1, -0.05) is 55.4 Å². The maximum atomic E-state index is 11.0. The van der Waals surface area contributed by atoms with Crippen LogP contribution in [0.4, 0.5) is 0 Å². The van der Waals surface area contributed by atoms with Crippen LogP contribution in [0.5, 0.6) is 0 Å². The van der Waals surface area contributed by atoms with Crippen LogP contribution in [0.3, 0.4) is 0 Å². The first-order valence-electron chi connectivity index (χ1n) is 8.04. The van der Waals surface area contributed by atoms with E-state index < -0.39 is 0 Å². The molecule has 0 saturated carbocycles. The number of aromatic nitrogens is 3. The largest absolute Gasteiger partial charge is 0.370 e. The zero-order chi connectivity index (χ0) is 17.5. The smallest absolute Gasteiger partial charge is 0.217 e. The molecule has 1 amide bonds. The number of aryl methyl sites for hydroxylation is 2. The van der Waals surface area contributed by atoms with Crippen molar-refractivity contribution < 1.29 is 4.79 Å². The van der Waals surface area contributed by atoms with Gasteiger partial charge in [-0.25, -0.2) is 0 Å². The molecule has 7 heteroatoms. The third-order valence-corrected chi connectivity index (χ3v) is 4.83. The minimum atomic E-state index is -0.318. The summed E-state index contributed by atoms with van der Waals surface area (Å²) in [5, 5.41) is 10.2. The Hall–Kier alpha value is -1.53. The van der Waals surface area contributed by atoms with Gasteiger partial charge in [0.15, 0.2) is 5.16 Å². The van der Waals surface area contributed by atoms with Crippen molar-refractivity contribution in [1.82, 2.24) is 14.8 Å². The van der Waals surface area contributed by atoms with Crippen molar-refractivity contribution in [3.8, 4) is 0 Å². The van der Waals surface area contributed by atoms with Gasteiger partial charge >= 0.3 is 0 Å². The van der Waals surface area contributed by atoms with Crippen molar-refractivity contribution >= 4 is 29.3 Å². The standard InChI is InChI=1S/C17H23ClN4OS/c1-12(2)11-22-16(8-7-15(19)23)20-21-17(22)24-10-9-13-5-3-4-6-14(13)18/h3-6,12H,7-11H2,1-2H3,(H2,19,23). The zero-order valence-corrected chi connectivity index (χ0v) is 15.6. The first kappa shape index (κ1) is 18.8. The average molecular weight is 367 g/mol. The second-order valence-electron chi connectivity index (χ2n) is 6.06. The van der Waals surface area contributed by atoms with Gasteiger partial charge in [-0.15, -0.1) is 10.2 Å². The Morgan fingerprint density at radius 3 is 2.71 bits per heavy atom. The molecule has 1 aromatic carbocycles. The number of amides is 1. The van der Waals surface area contributed by atoms with Gasteiger partial charge in [-0.3, -0.25) is 4.79 Å². The Morgan fingerprint density at radius 2 is 2.04 bits per heavy atom. The highest BCUT2D eigenvalue weighted by Gasteiger charge is 2.14. The lowest BCUT2D eigenvalue weighted by Gasteiger charge is -2.12. The molecule has 0 unspecified atom stereocenters. The van der Waals surface area contributed by atoms with E-state index in [1.165, 1.54) is 0 Å². The summed E-state index contributed by atoms with van der Waals surface area (Å²) in [6.07, 6.45) is 1.69. The summed E-state index contributed by atoms with van der Waals surface area (Å²) in [5.41, 5.74) is 6.38. The number of carbonyl (C=O) groups excluding carboxylic acids is 1. The second-order valence-corrected chi connectivity index (χ2v) is 7.53. The summed E-state index contributed by atoms with van der Waals surface area (Å²) in [5.74, 6) is 1.84. The molecule has 0 aliphatic rings. The molecule has 1 heterocycles. The van der Waals surface area contributed by atoms with E-state index in [0.29, 0.717) is 18.8 Å². The zero-order valence-electron chi connectivity index (χ0n) is 14.0. The molecule has 0 atom stereocenters. The molecule has 0 spiro atoms. The molecule has 0 fully saturated rings. The fraction of sp³-hybridized carbons (Fsp3) is 0.471. The Kier molecular flexibility index (Phi) is 7.12. The summed E-state index contributed by atoms with van der Waals surface area (Å²) >= 11 is 7.86. The lowest BCUT2D eigenvalue weighted by Crippen LogP contribution is -2.15. The molecule has 2 rings (SSSR count). The topological polar surface area (TPSA) is 73.8 Å². The van der Waals surface area contributed by atoms with Crippen molar-refractivity contribution in [1.29, 1.82) is 0 Å². The van der Waals surface area contributed by atoms with Gasteiger partial charge in [0.1, 0.15) is 5.82 Å². The van der Waals surface area contributed by atoms with Crippen LogP contribution in [0.1, 0.15) is 31.7 Å². The van der Waals surface area contributed by atoms with Gasteiger partial charge in [-0.05, 0) is 24.0 Å². The molecule has 0 saturated heterocycles. The highest BCUT2D eigenvalue weighted by Crippen LogP contribution is 2.23. The van der Waals surface area contributed by atoms with Crippen LogP contribution < -0.4 is 5.73 Å². The summed E-state index contributed by atoms with van der Waals surface area (Å²) in [4.78, 5) is 11.0. The molecule has 2 N–H and O–H groups in total. The van der Waals surface area contributed by atoms with E-state index in [1.807, 2.05) is 24.3 Å². The highest BCUT2D eigenvalue weighted by molar-refractivity contribution is 7.99. The fourth-order valence-corrected chi connectivity index (χ4v) is 3.52. The monoisotopic (exact) mass is 366 g/mol. The molecular formula is C17H23ClN4OS. The number of halogens is 1. The Morgan fingerprint density at radius 1 is 1.29 bits per heavy atom. The van der Waals surface area contributed by atoms with E-state index in [1.54, 1.807) is 11.8 Å². The van der Waals surface area contributed by atoms with Crippen molar-refractivity contribution in [2.24, 2.45) is 11.7 Å². The van der Waals surface area contributed by atoms with Crippen molar-refractivity contribution in [3.05, 3.63) is 40.7 Å². The van der Waals surface area contributed by atoms with Crippen molar-refractivity contribution in [2.75, 3.05) is 5.75 Å². The normalized spacial score (nSPS) is 11.2. The molecule has 5 nitrogen and oxygen atoms in total. The molecule has 1 aromatic heterocycles. The number of thioether (sulfide) groups is 1. The third-order valence-electron chi connectivity index (χ3n) is 3.50. The number of benzene rings is 1. The van der Waals surface area contributed by atoms with Crippen LogP contribution in [0.15, 0.2) is 29.4 Å². The molecule has 2 aromatic rings. The van der Waals surface area contributed by atoms with E-state index >= 15 is 0 Å². The van der Waals surface area contributed by atoms with Crippen LogP contribution in [0, 0.1) is 5.92 Å². The van der Waals surface area contributed by atoms with Crippen LogP contribution >= 0.6 is 23.4 Å². The molecule has 0 aliphatic heterocycles. The number of carbonyl (C=O) groups is 1. The molecule has 0 bridgehead atoms. The summed E-state index contributed by atoms with van der Waals surface area (Å²) in [6.45, 7) is 5.13. The molecule has 0 radical (unpaired) electrons. The highest BCUT2D eigenvalue weighted by atomic mass is 35.5. The quantitative estimate of drug-likeness (QED) is 0.691. The predicted octanol–water partition coefficient (Wildman–Crippen LogP) is 3.34. The Bertz CT molecular complexity index is 687. The maximum absolute atomic E-state index is 11.0. The van der Waals surface area contributed by atoms with E-state index in [9.17, 15) is 4.79 Å². The predicted molar refractivity (Wildman–Crippen MR) is 98.3 cm³/mol. The molecular weight excluding hydrogens is 344 g/mol. The van der Waals surface area contributed by atoms with Gasteiger partial charge in [-0.2, -0.15) is 0 Å². The fourth-order valence-electron chi connectivity index (χ4n) is 2.35. The average Bonchev–Trinajstić information content (AvgIpc) is 2.88. The second kappa shape index (κ2) is 9.08. The molecule has 24 heavy (non-hydrogen) atoms. The third kappa shape index (κ3) is 5.53. The number of nitrogens with two attached hydrogens (primary N) is 1. The SMILES string of the molecule is CC(C)Cn1c(CCC(N)=O)nnc1SCCc1ccccc1Cl. The minimum Gasteiger partial charge on any atom is -0.370 e. The number of nitrogens with zero attached hydrogens (tertiary/aromatic N) is 3. The molecule has 0 aliphatic carbocycles. The van der Waals surface area contributed by atoms with Gasteiger partial charge in [0.2, 0.25) is 5.91 Å². The van der Waals surface area contributed by atoms with Crippen molar-refractivity contribution in [2.45, 2.75) is 44.8 Å². The lowest BCUT2D eigenvalue weighted by molar-refractivity contribution is -0.118. The van der Waals surface area contributed by atoms with Crippen LogP contribution in [-0.2, 0) is 24.2 Å². The summed E-state index contributed by atoms with van der Waals surface area (Å²) < 4.78 is 2.10. The lowest BCUT2D eigenvalue weighted by atomic mass is 10.2. The Labute approximate surface area is 152 Å². The molecule has 130 valence electrons. The van der Waals surface area contributed by atoms with Gasteiger partial charge in [0.25, 0.3) is 0 Å².